The molecule has 3 N–H and O–H groups in total. The van der Waals surface area contributed by atoms with Gasteiger partial charge in [-0.15, -0.1) is 0 Å². The first kappa shape index (κ1) is 7.09. The van der Waals surface area contributed by atoms with Crippen LogP contribution in [0, 0.1) is 0 Å². The van der Waals surface area contributed by atoms with Gasteiger partial charge in [0.2, 0.25) is 0 Å². The zero-order chi connectivity index (χ0) is 7.56. The molecule has 1 heterocycles. The molecule has 1 rings (SSSR count). The highest BCUT2D eigenvalue weighted by molar-refractivity contribution is 6.32. The number of pyridine rings is 1. The van der Waals surface area contributed by atoms with Crippen LogP contribution >= 0.6 is 0 Å². The lowest BCUT2D eigenvalue weighted by Crippen LogP contribution is -2.08. The molecule has 0 saturated heterocycles. The van der Waals surface area contributed by atoms with Gasteiger partial charge < -0.3 is 10.8 Å². The standard InChI is InChI=1S/C6H9BN2O/c7-5-1-4(3-10)6(8)9-2-5/h1-2,10H,3,7H2,(H2,8,9). The SMILES string of the molecule is Bc1cnc(N)c(CO)c1. The minimum atomic E-state index is -0.0412. The number of aromatic nitrogens is 1. The quantitative estimate of drug-likeness (QED) is 0.458. The Morgan fingerprint density at radius 3 is 2.90 bits per heavy atom. The maximum absolute atomic E-state index is 8.72. The molecule has 1 aromatic heterocycles. The zero-order valence-corrected chi connectivity index (χ0v) is 5.83. The molecule has 10 heavy (non-hydrogen) atoms. The van der Waals surface area contributed by atoms with Crippen LogP contribution in [0.1, 0.15) is 5.56 Å². The Morgan fingerprint density at radius 1 is 1.70 bits per heavy atom. The smallest absolute Gasteiger partial charge is 0.141 e. The first-order valence-corrected chi connectivity index (χ1v) is 3.06. The van der Waals surface area contributed by atoms with Crippen LogP contribution in [0.2, 0.25) is 0 Å². The molecule has 0 radical (unpaired) electrons. The van der Waals surface area contributed by atoms with Gasteiger partial charge in [0.15, 0.2) is 0 Å². The fraction of sp³-hybridized carbons (Fsp3) is 0.167. The summed E-state index contributed by atoms with van der Waals surface area (Å²) in [6.45, 7) is -0.0412. The molecule has 0 amide bonds. The molecular weight excluding hydrogens is 127 g/mol. The highest BCUT2D eigenvalue weighted by Gasteiger charge is 1.96. The molecule has 3 nitrogen and oxygen atoms in total. The van der Waals surface area contributed by atoms with Crippen molar-refractivity contribution in [3.63, 3.8) is 0 Å². The van der Waals surface area contributed by atoms with Crippen LogP contribution in [-0.4, -0.2) is 17.9 Å². The van der Waals surface area contributed by atoms with Gasteiger partial charge in [-0.1, -0.05) is 11.5 Å². The summed E-state index contributed by atoms with van der Waals surface area (Å²) in [7, 11) is 1.91. The second-order valence-electron chi connectivity index (χ2n) is 2.22. The van der Waals surface area contributed by atoms with E-state index in [2.05, 4.69) is 4.98 Å². The van der Waals surface area contributed by atoms with Crippen LogP contribution in [0.4, 0.5) is 5.82 Å². The minimum absolute atomic E-state index is 0.0412. The number of aliphatic hydroxyl groups is 1. The first-order chi connectivity index (χ1) is 4.74. The first-order valence-electron chi connectivity index (χ1n) is 3.06. The Labute approximate surface area is 60.3 Å². The zero-order valence-electron chi connectivity index (χ0n) is 5.83. The lowest BCUT2D eigenvalue weighted by atomic mass is 9.97. The highest BCUT2D eigenvalue weighted by atomic mass is 16.3. The maximum atomic E-state index is 8.72. The molecule has 0 spiro atoms. The summed E-state index contributed by atoms with van der Waals surface area (Å²) in [6.07, 6.45) is 1.68. The van der Waals surface area contributed by atoms with Gasteiger partial charge in [0.25, 0.3) is 0 Å². The number of hydrogen-bond acceptors (Lipinski definition) is 3. The summed E-state index contributed by atoms with van der Waals surface area (Å²) in [4.78, 5) is 3.87. The summed E-state index contributed by atoms with van der Waals surface area (Å²) >= 11 is 0. The van der Waals surface area contributed by atoms with Crippen molar-refractivity contribution in [1.29, 1.82) is 0 Å². The molecule has 52 valence electrons. The van der Waals surface area contributed by atoms with Crippen molar-refractivity contribution in [3.05, 3.63) is 17.8 Å². The Bertz CT molecular complexity index is 239. The van der Waals surface area contributed by atoms with E-state index in [1.165, 1.54) is 0 Å². The molecule has 0 fully saturated rings. The number of nitrogen functional groups attached to an aromatic ring is 1. The average molecular weight is 136 g/mol. The van der Waals surface area contributed by atoms with Crippen molar-refractivity contribution in [3.8, 4) is 0 Å². The summed E-state index contributed by atoms with van der Waals surface area (Å²) in [5.41, 5.74) is 7.14. The lowest BCUT2D eigenvalue weighted by molar-refractivity contribution is 0.282. The van der Waals surface area contributed by atoms with Gasteiger partial charge in [0, 0.05) is 11.8 Å². The van der Waals surface area contributed by atoms with E-state index >= 15 is 0 Å². The van der Waals surface area contributed by atoms with Crippen LogP contribution in [0.15, 0.2) is 12.3 Å². The number of rotatable bonds is 1. The summed E-state index contributed by atoms with van der Waals surface area (Å²) < 4.78 is 0. The molecule has 0 bridgehead atoms. The number of nitrogens with zero attached hydrogens (tertiary/aromatic N) is 1. The molecule has 1 aromatic rings. The van der Waals surface area contributed by atoms with Gasteiger partial charge in [-0.3, -0.25) is 0 Å². The van der Waals surface area contributed by atoms with Crippen molar-refractivity contribution in [2.45, 2.75) is 6.61 Å². The number of hydrogen-bond donors (Lipinski definition) is 2. The minimum Gasteiger partial charge on any atom is -0.392 e. The van der Waals surface area contributed by atoms with E-state index in [9.17, 15) is 0 Å². The van der Waals surface area contributed by atoms with Crippen molar-refractivity contribution in [2.24, 2.45) is 0 Å². The summed E-state index contributed by atoms with van der Waals surface area (Å²) in [6, 6.07) is 1.82. The molecular formula is C6H9BN2O. The monoisotopic (exact) mass is 136 g/mol. The topological polar surface area (TPSA) is 59.1 Å². The number of anilines is 1. The molecule has 0 aliphatic carbocycles. The Balaban J connectivity index is 3.09. The van der Waals surface area contributed by atoms with Crippen LogP contribution in [0.5, 0.6) is 0 Å². The molecule has 0 unspecified atom stereocenters. The third-order valence-corrected chi connectivity index (χ3v) is 1.31. The number of aliphatic hydroxyl groups excluding tert-OH is 1. The van der Waals surface area contributed by atoms with Gasteiger partial charge in [0.05, 0.1) is 6.61 Å². The molecule has 0 aromatic carbocycles. The van der Waals surface area contributed by atoms with Gasteiger partial charge in [-0.2, -0.15) is 0 Å². The Kier molecular flexibility index (Phi) is 1.92. The van der Waals surface area contributed by atoms with E-state index in [0.717, 1.165) is 5.46 Å². The Morgan fingerprint density at radius 2 is 2.40 bits per heavy atom. The Hall–Kier alpha value is -1.03. The van der Waals surface area contributed by atoms with Gasteiger partial charge in [0.1, 0.15) is 13.7 Å². The van der Waals surface area contributed by atoms with Gasteiger partial charge >= 0.3 is 0 Å². The largest absolute Gasteiger partial charge is 0.392 e. The lowest BCUT2D eigenvalue weighted by Gasteiger charge is -2.00. The predicted octanol–water partition coefficient (Wildman–Crippen LogP) is -1.59. The van der Waals surface area contributed by atoms with E-state index in [1.54, 1.807) is 6.20 Å². The van der Waals surface area contributed by atoms with E-state index in [-0.39, 0.29) is 6.61 Å². The van der Waals surface area contributed by atoms with Crippen molar-refractivity contribution < 1.29 is 5.11 Å². The normalized spacial score (nSPS) is 9.70. The van der Waals surface area contributed by atoms with Gasteiger partial charge in [-0.05, 0) is 0 Å². The van der Waals surface area contributed by atoms with Crippen molar-refractivity contribution in [2.75, 3.05) is 5.73 Å². The maximum Gasteiger partial charge on any atom is 0.141 e. The summed E-state index contributed by atoms with van der Waals surface area (Å²) in [5.74, 6) is 0.410. The summed E-state index contributed by atoms with van der Waals surface area (Å²) in [5, 5.41) is 8.72. The van der Waals surface area contributed by atoms with Crippen LogP contribution in [0.3, 0.4) is 0 Å². The van der Waals surface area contributed by atoms with E-state index < -0.39 is 0 Å². The van der Waals surface area contributed by atoms with E-state index in [1.807, 2.05) is 13.9 Å². The molecule has 0 saturated carbocycles. The number of nitrogens with two attached hydrogens (primary N) is 1. The predicted molar refractivity (Wildman–Crippen MR) is 42.8 cm³/mol. The average Bonchev–Trinajstić information content (AvgIpc) is 1.94. The van der Waals surface area contributed by atoms with Gasteiger partial charge in [-0.25, -0.2) is 4.98 Å². The second kappa shape index (κ2) is 2.71. The van der Waals surface area contributed by atoms with E-state index in [4.69, 9.17) is 10.8 Å². The second-order valence-corrected chi connectivity index (χ2v) is 2.22. The fourth-order valence-corrected chi connectivity index (χ4v) is 0.767. The van der Waals surface area contributed by atoms with Crippen LogP contribution in [0.25, 0.3) is 0 Å². The molecule has 0 aliphatic rings. The molecule has 4 heteroatoms. The third kappa shape index (κ3) is 1.27. The highest BCUT2D eigenvalue weighted by Crippen LogP contribution is 2.03. The molecule has 0 aliphatic heterocycles. The molecule has 0 atom stereocenters. The van der Waals surface area contributed by atoms with Crippen molar-refractivity contribution in [1.82, 2.24) is 4.98 Å². The third-order valence-electron chi connectivity index (χ3n) is 1.31. The van der Waals surface area contributed by atoms with E-state index in [0.29, 0.717) is 11.4 Å². The van der Waals surface area contributed by atoms with Crippen molar-refractivity contribution >= 4 is 19.1 Å². The van der Waals surface area contributed by atoms with Crippen LogP contribution < -0.4 is 11.2 Å². The van der Waals surface area contributed by atoms with Crippen LogP contribution in [-0.2, 0) is 6.61 Å². The fourth-order valence-electron chi connectivity index (χ4n) is 0.767.